The molecule has 1 aliphatic heterocycles. The molecule has 0 radical (unpaired) electrons. The smallest absolute Gasteiger partial charge is 0.233 e. The molecule has 2 N–H and O–H groups in total. The molecular weight excluding hydrogens is 357 g/mol. The predicted molar refractivity (Wildman–Crippen MR) is 105 cm³/mol. The SMILES string of the molecule is CN(Cc1nccc(N)n1)[C@@H]1CCN(C(=O)C2(c3cccc(F)c3)CCC2)C1. The van der Waals surface area contributed by atoms with Crippen LogP contribution in [0.1, 0.15) is 37.1 Å². The average Bonchev–Trinajstić information content (AvgIpc) is 3.11. The molecule has 2 aliphatic rings. The second-order valence-corrected chi connectivity index (χ2v) is 7.95. The van der Waals surface area contributed by atoms with Crippen LogP contribution in [0.15, 0.2) is 36.5 Å². The van der Waals surface area contributed by atoms with Crippen molar-refractivity contribution in [3.63, 3.8) is 0 Å². The molecule has 1 saturated carbocycles. The zero-order chi connectivity index (χ0) is 19.7. The van der Waals surface area contributed by atoms with E-state index in [1.807, 2.05) is 18.0 Å². The third-order valence-corrected chi connectivity index (χ3v) is 6.19. The van der Waals surface area contributed by atoms with Crippen molar-refractivity contribution in [2.75, 3.05) is 25.9 Å². The van der Waals surface area contributed by atoms with Crippen molar-refractivity contribution in [1.29, 1.82) is 0 Å². The predicted octanol–water partition coefficient (Wildman–Crippen LogP) is 2.35. The Morgan fingerprint density at radius 3 is 2.89 bits per heavy atom. The molecule has 1 saturated heterocycles. The fourth-order valence-corrected chi connectivity index (χ4v) is 4.37. The van der Waals surface area contributed by atoms with Gasteiger partial charge in [-0.1, -0.05) is 18.6 Å². The van der Waals surface area contributed by atoms with Crippen molar-refractivity contribution in [3.05, 3.63) is 53.7 Å². The van der Waals surface area contributed by atoms with E-state index in [9.17, 15) is 9.18 Å². The Balaban J connectivity index is 1.44. The van der Waals surface area contributed by atoms with Crippen LogP contribution in [-0.4, -0.2) is 51.9 Å². The molecule has 0 bridgehead atoms. The fraction of sp³-hybridized carbons (Fsp3) is 0.476. The maximum Gasteiger partial charge on any atom is 0.233 e. The van der Waals surface area contributed by atoms with Crippen LogP contribution in [0.3, 0.4) is 0 Å². The number of anilines is 1. The van der Waals surface area contributed by atoms with Gasteiger partial charge in [-0.05, 0) is 50.1 Å². The van der Waals surface area contributed by atoms with E-state index in [4.69, 9.17) is 5.73 Å². The number of halogens is 1. The van der Waals surface area contributed by atoms with Crippen LogP contribution >= 0.6 is 0 Å². The first-order valence-corrected chi connectivity index (χ1v) is 9.81. The summed E-state index contributed by atoms with van der Waals surface area (Å²) in [4.78, 5) is 26.0. The number of rotatable bonds is 5. The lowest BCUT2D eigenvalue weighted by Gasteiger charge is -2.43. The van der Waals surface area contributed by atoms with E-state index < -0.39 is 5.41 Å². The fourth-order valence-electron chi connectivity index (χ4n) is 4.37. The van der Waals surface area contributed by atoms with E-state index in [-0.39, 0.29) is 17.8 Å². The Hall–Kier alpha value is -2.54. The van der Waals surface area contributed by atoms with Gasteiger partial charge in [0.2, 0.25) is 5.91 Å². The number of nitrogens with two attached hydrogens (primary N) is 1. The van der Waals surface area contributed by atoms with Crippen LogP contribution in [0.2, 0.25) is 0 Å². The summed E-state index contributed by atoms with van der Waals surface area (Å²) in [5.41, 5.74) is 6.00. The highest BCUT2D eigenvalue weighted by Crippen LogP contribution is 2.46. The summed E-state index contributed by atoms with van der Waals surface area (Å²) in [6.45, 7) is 1.99. The van der Waals surface area contributed by atoms with Gasteiger partial charge in [0.05, 0.1) is 12.0 Å². The number of aromatic nitrogens is 2. The molecule has 1 amide bonds. The molecule has 1 aromatic heterocycles. The zero-order valence-electron chi connectivity index (χ0n) is 16.1. The Morgan fingerprint density at radius 2 is 2.21 bits per heavy atom. The van der Waals surface area contributed by atoms with Crippen molar-refractivity contribution in [1.82, 2.24) is 19.8 Å². The molecule has 0 unspecified atom stereocenters. The standard InChI is InChI=1S/C21H26FN5O/c1-26(14-19-24-10-6-18(23)25-19)17-7-11-27(13-17)20(28)21(8-3-9-21)15-4-2-5-16(22)12-15/h2,4-6,10,12,17H,3,7-9,11,13-14H2,1H3,(H2,23,24,25)/t17-/m1/s1. The number of benzene rings is 1. The van der Waals surface area contributed by atoms with Gasteiger partial charge in [0, 0.05) is 25.3 Å². The van der Waals surface area contributed by atoms with Crippen molar-refractivity contribution in [2.24, 2.45) is 0 Å². The minimum atomic E-state index is -0.549. The average molecular weight is 383 g/mol. The van der Waals surface area contributed by atoms with E-state index in [1.165, 1.54) is 12.1 Å². The van der Waals surface area contributed by atoms with E-state index in [2.05, 4.69) is 14.9 Å². The second kappa shape index (κ2) is 7.47. The van der Waals surface area contributed by atoms with Crippen LogP contribution < -0.4 is 5.73 Å². The second-order valence-electron chi connectivity index (χ2n) is 7.95. The van der Waals surface area contributed by atoms with Gasteiger partial charge in [-0.3, -0.25) is 9.69 Å². The number of nitrogens with zero attached hydrogens (tertiary/aromatic N) is 4. The first-order valence-electron chi connectivity index (χ1n) is 9.81. The molecule has 7 heteroatoms. The number of amides is 1. The number of hydrogen-bond donors (Lipinski definition) is 1. The molecule has 6 nitrogen and oxygen atoms in total. The van der Waals surface area contributed by atoms with Crippen LogP contribution in [0.5, 0.6) is 0 Å². The molecule has 1 aromatic carbocycles. The Labute approximate surface area is 164 Å². The third kappa shape index (κ3) is 3.46. The van der Waals surface area contributed by atoms with E-state index in [0.29, 0.717) is 24.7 Å². The third-order valence-electron chi connectivity index (χ3n) is 6.19. The highest BCUT2D eigenvalue weighted by Gasteiger charge is 2.49. The van der Waals surface area contributed by atoms with Gasteiger partial charge >= 0.3 is 0 Å². The van der Waals surface area contributed by atoms with Crippen LogP contribution in [0, 0.1) is 5.82 Å². The molecule has 4 rings (SSSR count). The summed E-state index contributed by atoms with van der Waals surface area (Å²) >= 11 is 0. The number of likely N-dealkylation sites (tertiary alicyclic amines) is 1. The Morgan fingerprint density at radius 1 is 1.39 bits per heavy atom. The van der Waals surface area contributed by atoms with Gasteiger partial charge in [-0.15, -0.1) is 0 Å². The Bertz CT molecular complexity index is 869. The first-order chi connectivity index (χ1) is 13.5. The summed E-state index contributed by atoms with van der Waals surface area (Å²) in [5.74, 6) is 1.00. The number of carbonyl (C=O) groups excluding carboxylic acids is 1. The normalized spacial score (nSPS) is 21.0. The van der Waals surface area contributed by atoms with Crippen molar-refractivity contribution < 1.29 is 9.18 Å². The largest absolute Gasteiger partial charge is 0.384 e. The van der Waals surface area contributed by atoms with Gasteiger partial charge in [0.1, 0.15) is 17.5 Å². The first kappa shape index (κ1) is 18.8. The quantitative estimate of drug-likeness (QED) is 0.858. The van der Waals surface area contributed by atoms with Crippen LogP contribution in [-0.2, 0) is 16.8 Å². The van der Waals surface area contributed by atoms with Gasteiger partial charge < -0.3 is 10.6 Å². The van der Waals surface area contributed by atoms with Crippen molar-refractivity contribution >= 4 is 11.7 Å². The minimum absolute atomic E-state index is 0.139. The van der Waals surface area contributed by atoms with Crippen LogP contribution in [0.25, 0.3) is 0 Å². The number of nitrogen functional groups attached to an aromatic ring is 1. The summed E-state index contributed by atoms with van der Waals surface area (Å²) < 4.78 is 13.7. The highest BCUT2D eigenvalue weighted by molar-refractivity contribution is 5.89. The Kier molecular flexibility index (Phi) is 5.02. The van der Waals surface area contributed by atoms with E-state index in [1.54, 1.807) is 18.3 Å². The summed E-state index contributed by atoms with van der Waals surface area (Å²) in [7, 11) is 2.02. The van der Waals surface area contributed by atoms with Gasteiger partial charge in [0.15, 0.2) is 0 Å². The minimum Gasteiger partial charge on any atom is -0.384 e. The van der Waals surface area contributed by atoms with Gasteiger partial charge in [-0.2, -0.15) is 0 Å². The van der Waals surface area contributed by atoms with Gasteiger partial charge in [0.25, 0.3) is 0 Å². The molecule has 1 atom stereocenters. The number of likely N-dealkylation sites (N-methyl/N-ethyl adjacent to an activating group) is 1. The molecule has 0 spiro atoms. The molecule has 1 aliphatic carbocycles. The number of carbonyl (C=O) groups is 1. The molecular formula is C21H26FN5O. The van der Waals surface area contributed by atoms with Crippen molar-refractivity contribution in [3.8, 4) is 0 Å². The lowest BCUT2D eigenvalue weighted by molar-refractivity contribution is -0.140. The molecule has 148 valence electrons. The lowest BCUT2D eigenvalue weighted by atomic mass is 9.63. The van der Waals surface area contributed by atoms with Gasteiger partial charge in [-0.25, -0.2) is 14.4 Å². The monoisotopic (exact) mass is 383 g/mol. The van der Waals surface area contributed by atoms with Crippen molar-refractivity contribution in [2.45, 2.75) is 43.7 Å². The summed E-state index contributed by atoms with van der Waals surface area (Å²) in [6, 6.07) is 8.46. The molecule has 2 fully saturated rings. The zero-order valence-corrected chi connectivity index (χ0v) is 16.1. The van der Waals surface area contributed by atoms with E-state index in [0.717, 1.165) is 37.8 Å². The maximum absolute atomic E-state index is 13.7. The maximum atomic E-state index is 13.7. The number of hydrogen-bond acceptors (Lipinski definition) is 5. The summed E-state index contributed by atoms with van der Waals surface area (Å²) in [5, 5.41) is 0. The lowest BCUT2D eigenvalue weighted by Crippen LogP contribution is -2.51. The highest BCUT2D eigenvalue weighted by atomic mass is 19.1. The van der Waals surface area contributed by atoms with Crippen LogP contribution in [0.4, 0.5) is 10.2 Å². The van der Waals surface area contributed by atoms with E-state index >= 15 is 0 Å². The molecule has 2 heterocycles. The summed E-state index contributed by atoms with van der Waals surface area (Å²) in [6.07, 6.45) is 5.16. The molecule has 28 heavy (non-hydrogen) atoms. The topological polar surface area (TPSA) is 75.4 Å². The molecule has 2 aromatic rings.